The Balaban J connectivity index is 2.26. The van der Waals surface area contributed by atoms with E-state index in [1.807, 2.05) is 18.2 Å². The highest BCUT2D eigenvalue weighted by atomic mass is 16.5. The van der Waals surface area contributed by atoms with Gasteiger partial charge in [0.1, 0.15) is 12.4 Å². The molecular formula is C11H13NO3. The second-order valence-corrected chi connectivity index (χ2v) is 3.50. The van der Waals surface area contributed by atoms with Crippen LogP contribution in [0, 0.1) is 0 Å². The third kappa shape index (κ3) is 1.80. The summed E-state index contributed by atoms with van der Waals surface area (Å²) in [6.45, 7) is 0.237. The molecule has 80 valence electrons. The van der Waals surface area contributed by atoms with Crippen LogP contribution in [0.1, 0.15) is 5.56 Å². The first-order chi connectivity index (χ1) is 7.22. The minimum absolute atomic E-state index is 0.311. The summed E-state index contributed by atoms with van der Waals surface area (Å²) in [5.41, 5.74) is 1.91. The monoisotopic (exact) mass is 207 g/mol. The Labute approximate surface area is 88.1 Å². The molecule has 1 aromatic carbocycles. The van der Waals surface area contributed by atoms with Crippen LogP contribution in [-0.2, 0) is 11.2 Å². The van der Waals surface area contributed by atoms with Crippen molar-refractivity contribution in [2.24, 2.45) is 0 Å². The first kappa shape index (κ1) is 9.98. The van der Waals surface area contributed by atoms with E-state index < -0.39 is 6.61 Å². The Hall–Kier alpha value is -1.55. The van der Waals surface area contributed by atoms with Crippen molar-refractivity contribution in [1.29, 1.82) is 0 Å². The maximum Gasteiger partial charge on any atom is 0.252 e. The molecule has 1 aromatic rings. The normalized spacial score (nSPS) is 13.2. The molecule has 2 rings (SSSR count). The molecule has 15 heavy (non-hydrogen) atoms. The van der Waals surface area contributed by atoms with Gasteiger partial charge >= 0.3 is 0 Å². The van der Waals surface area contributed by atoms with Gasteiger partial charge in [0.25, 0.3) is 5.91 Å². The average molecular weight is 207 g/mol. The van der Waals surface area contributed by atoms with Gasteiger partial charge < -0.3 is 14.7 Å². The summed E-state index contributed by atoms with van der Waals surface area (Å²) in [5, 5.41) is 8.74. The van der Waals surface area contributed by atoms with Crippen LogP contribution in [0.15, 0.2) is 18.2 Å². The second-order valence-electron chi connectivity index (χ2n) is 3.50. The van der Waals surface area contributed by atoms with E-state index in [1.165, 1.54) is 4.90 Å². The first-order valence-electron chi connectivity index (χ1n) is 4.85. The van der Waals surface area contributed by atoms with Gasteiger partial charge in [0, 0.05) is 19.2 Å². The topological polar surface area (TPSA) is 49.8 Å². The lowest BCUT2D eigenvalue weighted by Gasteiger charge is -2.16. The van der Waals surface area contributed by atoms with E-state index in [2.05, 4.69) is 0 Å². The number of hydrogen-bond acceptors (Lipinski definition) is 3. The highest BCUT2D eigenvalue weighted by Crippen LogP contribution is 2.29. The zero-order valence-electron chi connectivity index (χ0n) is 8.56. The van der Waals surface area contributed by atoms with Gasteiger partial charge in [0.05, 0.1) is 6.61 Å². The van der Waals surface area contributed by atoms with Crippen molar-refractivity contribution in [2.45, 2.75) is 6.42 Å². The lowest BCUT2D eigenvalue weighted by molar-refractivity contribution is -0.120. The molecule has 0 bridgehead atoms. The maximum absolute atomic E-state index is 11.3. The summed E-state index contributed by atoms with van der Waals surface area (Å²) in [5.74, 6) is 0.581. The number of ether oxygens (including phenoxy) is 1. The number of likely N-dealkylation sites (N-methyl/N-ethyl adjacent to an activating group) is 1. The van der Waals surface area contributed by atoms with Crippen molar-refractivity contribution in [3.8, 4) is 5.75 Å². The summed E-state index contributed by atoms with van der Waals surface area (Å²) in [6.07, 6.45) is 0.879. The fourth-order valence-electron chi connectivity index (χ4n) is 1.63. The largest absolute Gasteiger partial charge is 0.493 e. The summed E-state index contributed by atoms with van der Waals surface area (Å²) in [7, 11) is 1.65. The van der Waals surface area contributed by atoms with Crippen molar-refractivity contribution < 1.29 is 14.6 Å². The molecule has 1 heterocycles. The van der Waals surface area contributed by atoms with Crippen LogP contribution >= 0.6 is 0 Å². The van der Waals surface area contributed by atoms with Crippen molar-refractivity contribution in [1.82, 2.24) is 0 Å². The minimum atomic E-state index is -0.468. The Morgan fingerprint density at radius 3 is 3.13 bits per heavy atom. The molecule has 0 spiro atoms. The maximum atomic E-state index is 11.3. The van der Waals surface area contributed by atoms with Crippen molar-refractivity contribution >= 4 is 11.6 Å². The number of hydrogen-bond donors (Lipinski definition) is 1. The number of carbonyl (C=O) groups excluding carboxylic acids is 1. The standard InChI is InChI=1S/C11H13NO3/c1-12(11(14)7-13)9-2-3-10-8(6-9)4-5-15-10/h2-3,6,13H,4-5,7H2,1H3. The lowest BCUT2D eigenvalue weighted by atomic mass is 10.1. The van der Waals surface area contributed by atoms with E-state index in [-0.39, 0.29) is 5.91 Å². The highest BCUT2D eigenvalue weighted by molar-refractivity contribution is 5.93. The Bertz CT molecular complexity index is 389. The van der Waals surface area contributed by atoms with E-state index in [1.54, 1.807) is 7.05 Å². The third-order valence-corrected chi connectivity index (χ3v) is 2.57. The zero-order chi connectivity index (χ0) is 10.8. The Morgan fingerprint density at radius 1 is 1.60 bits per heavy atom. The quantitative estimate of drug-likeness (QED) is 0.771. The number of carbonyl (C=O) groups is 1. The Kier molecular flexibility index (Phi) is 2.60. The number of amides is 1. The van der Waals surface area contributed by atoms with Crippen LogP contribution < -0.4 is 9.64 Å². The van der Waals surface area contributed by atoms with Crippen LogP contribution in [0.5, 0.6) is 5.75 Å². The molecular weight excluding hydrogens is 194 g/mol. The van der Waals surface area contributed by atoms with Gasteiger partial charge in [-0.15, -0.1) is 0 Å². The SMILES string of the molecule is CN(C(=O)CO)c1ccc2c(c1)CCO2. The molecule has 0 unspecified atom stereocenters. The number of anilines is 1. The smallest absolute Gasteiger partial charge is 0.252 e. The van der Waals surface area contributed by atoms with Gasteiger partial charge in [-0.1, -0.05) is 0 Å². The lowest BCUT2D eigenvalue weighted by Crippen LogP contribution is -2.28. The molecule has 0 saturated heterocycles. The number of aliphatic hydroxyl groups excluding tert-OH is 1. The average Bonchev–Trinajstić information content (AvgIpc) is 2.73. The van der Waals surface area contributed by atoms with Crippen LogP contribution in [-0.4, -0.2) is 31.3 Å². The van der Waals surface area contributed by atoms with E-state index >= 15 is 0 Å². The molecule has 0 atom stereocenters. The van der Waals surface area contributed by atoms with Gasteiger partial charge in [-0.05, 0) is 23.8 Å². The molecule has 1 N–H and O–H groups in total. The first-order valence-corrected chi connectivity index (χ1v) is 4.85. The molecule has 4 heteroatoms. The second kappa shape index (κ2) is 3.90. The summed E-state index contributed by atoms with van der Waals surface area (Å²) < 4.78 is 5.37. The summed E-state index contributed by atoms with van der Waals surface area (Å²) in [6, 6.07) is 5.60. The van der Waals surface area contributed by atoms with Gasteiger partial charge in [0.2, 0.25) is 0 Å². The molecule has 0 radical (unpaired) electrons. The number of nitrogens with zero attached hydrogens (tertiary/aromatic N) is 1. The van der Waals surface area contributed by atoms with E-state index in [9.17, 15) is 4.79 Å². The predicted octanol–water partition coefficient (Wildman–Crippen LogP) is 0.577. The van der Waals surface area contributed by atoms with Crippen LogP contribution in [0.4, 0.5) is 5.69 Å². The number of benzene rings is 1. The van der Waals surface area contributed by atoms with E-state index in [4.69, 9.17) is 9.84 Å². The van der Waals surface area contributed by atoms with E-state index in [0.717, 1.165) is 23.4 Å². The van der Waals surface area contributed by atoms with Crippen molar-refractivity contribution in [2.75, 3.05) is 25.2 Å². The fraction of sp³-hybridized carbons (Fsp3) is 0.364. The molecule has 1 aliphatic rings. The summed E-state index contributed by atoms with van der Waals surface area (Å²) in [4.78, 5) is 12.7. The Morgan fingerprint density at radius 2 is 2.40 bits per heavy atom. The number of rotatable bonds is 2. The minimum Gasteiger partial charge on any atom is -0.493 e. The molecule has 1 amide bonds. The predicted molar refractivity (Wildman–Crippen MR) is 56.1 cm³/mol. The zero-order valence-corrected chi connectivity index (χ0v) is 8.56. The van der Waals surface area contributed by atoms with Crippen molar-refractivity contribution in [3.05, 3.63) is 23.8 Å². The fourth-order valence-corrected chi connectivity index (χ4v) is 1.63. The number of fused-ring (bicyclic) bond motifs is 1. The van der Waals surface area contributed by atoms with Gasteiger partial charge in [0.15, 0.2) is 0 Å². The van der Waals surface area contributed by atoms with Crippen LogP contribution in [0.3, 0.4) is 0 Å². The molecule has 0 aromatic heterocycles. The molecule has 4 nitrogen and oxygen atoms in total. The number of aliphatic hydroxyl groups is 1. The van der Waals surface area contributed by atoms with Crippen molar-refractivity contribution in [3.63, 3.8) is 0 Å². The van der Waals surface area contributed by atoms with E-state index in [0.29, 0.717) is 6.61 Å². The third-order valence-electron chi connectivity index (χ3n) is 2.57. The molecule has 0 aliphatic carbocycles. The summed E-state index contributed by atoms with van der Waals surface area (Å²) >= 11 is 0. The van der Waals surface area contributed by atoms with Gasteiger partial charge in [-0.3, -0.25) is 4.79 Å². The highest BCUT2D eigenvalue weighted by Gasteiger charge is 2.15. The van der Waals surface area contributed by atoms with Gasteiger partial charge in [-0.25, -0.2) is 0 Å². The molecule has 0 saturated carbocycles. The van der Waals surface area contributed by atoms with Gasteiger partial charge in [-0.2, -0.15) is 0 Å². The van der Waals surface area contributed by atoms with Crippen LogP contribution in [0.2, 0.25) is 0 Å². The molecule has 1 aliphatic heterocycles. The van der Waals surface area contributed by atoms with Crippen LogP contribution in [0.25, 0.3) is 0 Å². The molecule has 0 fully saturated rings.